The Morgan fingerprint density at radius 3 is 2.95 bits per heavy atom. The molecule has 110 valence electrons. The van der Waals surface area contributed by atoms with Crippen molar-refractivity contribution in [3.8, 4) is 11.3 Å². The Morgan fingerprint density at radius 1 is 1.32 bits per heavy atom. The first-order valence-electron chi connectivity index (χ1n) is 7.14. The zero-order chi connectivity index (χ0) is 15.1. The Kier molecular flexibility index (Phi) is 3.08. The topological polar surface area (TPSA) is 46.3 Å². The Bertz CT molecular complexity index is 836. The van der Waals surface area contributed by atoms with Gasteiger partial charge in [0.2, 0.25) is 0 Å². The van der Waals surface area contributed by atoms with Crippen LogP contribution in [0.1, 0.15) is 20.8 Å². The number of amides is 1. The van der Waals surface area contributed by atoms with Crippen molar-refractivity contribution >= 4 is 22.9 Å². The molecule has 1 aliphatic rings. The lowest BCUT2D eigenvalue weighted by molar-refractivity contribution is 0.0993. The van der Waals surface area contributed by atoms with Crippen molar-refractivity contribution in [2.45, 2.75) is 13.3 Å². The van der Waals surface area contributed by atoms with Gasteiger partial charge in [0, 0.05) is 23.9 Å². The summed E-state index contributed by atoms with van der Waals surface area (Å²) in [7, 11) is 0. The highest BCUT2D eigenvalue weighted by Crippen LogP contribution is 2.34. The number of carbonyl (C=O) groups is 1. The Hall–Kier alpha value is -2.40. The number of fused-ring (bicyclic) bond motifs is 1. The molecular formula is C17H14N2O2S. The first-order valence-corrected chi connectivity index (χ1v) is 8.02. The van der Waals surface area contributed by atoms with Crippen molar-refractivity contribution in [2.24, 2.45) is 0 Å². The molecule has 3 heterocycles. The molecule has 4 nitrogen and oxygen atoms in total. The molecule has 0 bridgehead atoms. The first-order chi connectivity index (χ1) is 10.7. The third kappa shape index (κ3) is 2.05. The molecule has 0 fully saturated rings. The van der Waals surface area contributed by atoms with Gasteiger partial charge in [0.05, 0.1) is 11.1 Å². The van der Waals surface area contributed by atoms with Gasteiger partial charge in [-0.3, -0.25) is 4.79 Å². The smallest absolute Gasteiger partial charge is 0.268 e. The highest BCUT2D eigenvalue weighted by molar-refractivity contribution is 7.12. The second-order valence-corrected chi connectivity index (χ2v) is 6.28. The lowest BCUT2D eigenvalue weighted by Gasteiger charge is -2.17. The minimum atomic E-state index is 0.0960. The minimum Gasteiger partial charge on any atom is -0.356 e. The minimum absolute atomic E-state index is 0.0960. The fourth-order valence-corrected chi connectivity index (χ4v) is 3.72. The Morgan fingerprint density at radius 2 is 2.23 bits per heavy atom. The molecule has 0 saturated carbocycles. The zero-order valence-corrected chi connectivity index (χ0v) is 12.9. The van der Waals surface area contributed by atoms with E-state index in [1.54, 1.807) is 6.20 Å². The van der Waals surface area contributed by atoms with E-state index in [1.807, 2.05) is 41.5 Å². The average molecular weight is 310 g/mol. The third-order valence-electron chi connectivity index (χ3n) is 4.00. The lowest BCUT2D eigenvalue weighted by atomic mass is 10.1. The predicted octanol–water partition coefficient (Wildman–Crippen LogP) is 3.91. The summed E-state index contributed by atoms with van der Waals surface area (Å²) in [6.07, 6.45) is 2.51. The Labute approximate surface area is 132 Å². The molecule has 0 radical (unpaired) electrons. The van der Waals surface area contributed by atoms with Crippen LogP contribution in [0.15, 0.2) is 46.4 Å². The maximum Gasteiger partial charge on any atom is 0.268 e. The summed E-state index contributed by atoms with van der Waals surface area (Å²) in [4.78, 5) is 15.4. The molecule has 0 N–H and O–H groups in total. The number of nitrogens with zero attached hydrogens (tertiary/aromatic N) is 2. The van der Waals surface area contributed by atoms with Crippen molar-refractivity contribution in [1.29, 1.82) is 0 Å². The molecule has 1 amide bonds. The van der Waals surface area contributed by atoms with E-state index in [4.69, 9.17) is 4.52 Å². The highest BCUT2D eigenvalue weighted by Gasteiger charge is 2.27. The number of anilines is 1. The maximum atomic E-state index is 12.7. The lowest BCUT2D eigenvalue weighted by Crippen LogP contribution is -2.28. The highest BCUT2D eigenvalue weighted by atomic mass is 32.1. The molecule has 4 rings (SSSR count). The SMILES string of the molecule is Cc1ccsc1C(=O)N1CCc2cc(-c3ccno3)ccc21. The quantitative estimate of drug-likeness (QED) is 0.721. The van der Waals surface area contributed by atoms with Crippen LogP contribution in [-0.2, 0) is 6.42 Å². The van der Waals surface area contributed by atoms with E-state index >= 15 is 0 Å². The van der Waals surface area contributed by atoms with Crippen molar-refractivity contribution in [3.05, 3.63) is 57.9 Å². The number of aromatic nitrogens is 1. The van der Waals surface area contributed by atoms with Gasteiger partial charge in [0.15, 0.2) is 5.76 Å². The molecule has 1 aliphatic heterocycles. The van der Waals surface area contributed by atoms with Gasteiger partial charge in [0.25, 0.3) is 5.91 Å². The summed E-state index contributed by atoms with van der Waals surface area (Å²) >= 11 is 1.51. The number of rotatable bonds is 2. The van der Waals surface area contributed by atoms with Gasteiger partial charge in [-0.15, -0.1) is 11.3 Å². The molecule has 0 atom stereocenters. The van der Waals surface area contributed by atoms with Crippen LogP contribution in [0.4, 0.5) is 5.69 Å². The van der Waals surface area contributed by atoms with Crippen LogP contribution in [-0.4, -0.2) is 17.6 Å². The molecule has 0 aliphatic carbocycles. The second kappa shape index (κ2) is 5.10. The summed E-state index contributed by atoms with van der Waals surface area (Å²) in [5.41, 5.74) is 4.22. The van der Waals surface area contributed by atoms with E-state index in [-0.39, 0.29) is 5.91 Å². The number of hydrogen-bond acceptors (Lipinski definition) is 4. The van der Waals surface area contributed by atoms with Crippen LogP contribution >= 0.6 is 11.3 Å². The van der Waals surface area contributed by atoms with Gasteiger partial charge < -0.3 is 9.42 Å². The van der Waals surface area contributed by atoms with E-state index in [9.17, 15) is 4.79 Å². The zero-order valence-electron chi connectivity index (χ0n) is 12.1. The number of hydrogen-bond donors (Lipinski definition) is 0. The van der Waals surface area contributed by atoms with Gasteiger partial charge in [0.1, 0.15) is 0 Å². The maximum absolute atomic E-state index is 12.7. The van der Waals surface area contributed by atoms with Gasteiger partial charge in [-0.25, -0.2) is 0 Å². The second-order valence-electron chi connectivity index (χ2n) is 5.36. The predicted molar refractivity (Wildman–Crippen MR) is 86.4 cm³/mol. The average Bonchev–Trinajstić information content (AvgIpc) is 3.26. The molecule has 2 aromatic heterocycles. The van der Waals surface area contributed by atoms with E-state index < -0.39 is 0 Å². The van der Waals surface area contributed by atoms with Crippen LogP contribution in [0.5, 0.6) is 0 Å². The van der Waals surface area contributed by atoms with E-state index in [1.165, 1.54) is 16.9 Å². The number of benzene rings is 1. The molecule has 5 heteroatoms. The fraction of sp³-hybridized carbons (Fsp3) is 0.176. The van der Waals surface area contributed by atoms with Crippen LogP contribution in [0.2, 0.25) is 0 Å². The summed E-state index contributed by atoms with van der Waals surface area (Å²) in [5, 5.41) is 5.71. The normalized spacial score (nSPS) is 13.4. The van der Waals surface area contributed by atoms with E-state index in [0.717, 1.165) is 40.4 Å². The van der Waals surface area contributed by atoms with Crippen molar-refractivity contribution in [3.63, 3.8) is 0 Å². The number of aryl methyl sites for hydroxylation is 1. The van der Waals surface area contributed by atoms with Crippen LogP contribution in [0, 0.1) is 6.92 Å². The number of thiophene rings is 1. The Balaban J connectivity index is 1.69. The standard InChI is InChI=1S/C17H14N2O2S/c1-11-6-9-22-16(11)17(20)19-8-5-12-10-13(2-3-14(12)19)15-4-7-18-21-15/h2-4,6-7,9-10H,5,8H2,1H3. The van der Waals surface area contributed by atoms with Crippen LogP contribution in [0.3, 0.4) is 0 Å². The van der Waals surface area contributed by atoms with Gasteiger partial charge in [-0.1, -0.05) is 5.16 Å². The monoisotopic (exact) mass is 310 g/mol. The molecule has 0 spiro atoms. The number of carbonyl (C=O) groups excluding carboxylic acids is 1. The third-order valence-corrected chi connectivity index (χ3v) is 5.00. The summed E-state index contributed by atoms with van der Waals surface area (Å²) < 4.78 is 5.20. The van der Waals surface area contributed by atoms with E-state index in [0.29, 0.717) is 0 Å². The molecular weight excluding hydrogens is 296 g/mol. The molecule has 1 aromatic carbocycles. The van der Waals surface area contributed by atoms with Crippen LogP contribution in [0.25, 0.3) is 11.3 Å². The van der Waals surface area contributed by atoms with Crippen molar-refractivity contribution in [1.82, 2.24) is 5.16 Å². The van der Waals surface area contributed by atoms with Gasteiger partial charge >= 0.3 is 0 Å². The molecule has 3 aromatic rings. The summed E-state index contributed by atoms with van der Waals surface area (Å²) in [6, 6.07) is 9.90. The van der Waals surface area contributed by atoms with E-state index in [2.05, 4.69) is 11.2 Å². The van der Waals surface area contributed by atoms with Gasteiger partial charge in [-0.2, -0.15) is 0 Å². The molecule has 0 unspecified atom stereocenters. The van der Waals surface area contributed by atoms with Crippen molar-refractivity contribution < 1.29 is 9.32 Å². The largest absolute Gasteiger partial charge is 0.356 e. The van der Waals surface area contributed by atoms with Crippen LogP contribution < -0.4 is 4.90 Å². The molecule has 0 saturated heterocycles. The molecule has 22 heavy (non-hydrogen) atoms. The van der Waals surface area contributed by atoms with Gasteiger partial charge in [-0.05, 0) is 54.1 Å². The van der Waals surface area contributed by atoms with Crippen molar-refractivity contribution in [2.75, 3.05) is 11.4 Å². The first kappa shape index (κ1) is 13.3. The summed E-state index contributed by atoms with van der Waals surface area (Å²) in [6.45, 7) is 2.71. The fourth-order valence-electron chi connectivity index (χ4n) is 2.85. The summed E-state index contributed by atoms with van der Waals surface area (Å²) in [5.74, 6) is 0.848.